The van der Waals surface area contributed by atoms with Crippen LogP contribution in [0.4, 0.5) is 5.69 Å². The van der Waals surface area contributed by atoms with E-state index >= 15 is 0 Å². The molecule has 0 bridgehead atoms. The summed E-state index contributed by atoms with van der Waals surface area (Å²) in [6.45, 7) is 4.01. The van der Waals surface area contributed by atoms with Crippen molar-refractivity contribution in [3.63, 3.8) is 0 Å². The first-order valence-electron chi connectivity index (χ1n) is 9.92. The van der Waals surface area contributed by atoms with Gasteiger partial charge in [0.1, 0.15) is 6.07 Å². The van der Waals surface area contributed by atoms with Crippen molar-refractivity contribution in [3.8, 4) is 6.07 Å². The maximum Gasteiger partial charge on any atom is 0.252 e. The highest BCUT2D eigenvalue weighted by molar-refractivity contribution is 7.99. The predicted octanol–water partition coefficient (Wildman–Crippen LogP) is 5.23. The molecule has 0 aromatic heterocycles. The Morgan fingerprint density at radius 1 is 0.968 bits per heavy atom. The maximum atomic E-state index is 12.9. The third-order valence-corrected chi connectivity index (χ3v) is 5.68. The van der Waals surface area contributed by atoms with Gasteiger partial charge in [-0.05, 0) is 42.0 Å². The van der Waals surface area contributed by atoms with E-state index in [-0.39, 0.29) is 17.7 Å². The molecule has 0 aliphatic heterocycles. The number of hydrogen-bond acceptors (Lipinski definition) is 4. The topological polar surface area (TPSA) is 82.0 Å². The Kier molecular flexibility index (Phi) is 7.47. The first-order chi connectivity index (χ1) is 15.0. The summed E-state index contributed by atoms with van der Waals surface area (Å²) in [7, 11) is 0. The van der Waals surface area contributed by atoms with E-state index in [9.17, 15) is 14.9 Å². The summed E-state index contributed by atoms with van der Waals surface area (Å²) < 4.78 is 0. The summed E-state index contributed by atoms with van der Waals surface area (Å²) in [5.41, 5.74) is 2.71. The van der Waals surface area contributed by atoms with Crippen molar-refractivity contribution in [1.82, 2.24) is 5.32 Å². The molecule has 0 unspecified atom stereocenters. The molecule has 3 aromatic carbocycles. The van der Waals surface area contributed by atoms with Crippen LogP contribution in [-0.2, 0) is 11.3 Å². The van der Waals surface area contributed by atoms with Crippen molar-refractivity contribution in [2.45, 2.75) is 30.2 Å². The molecule has 0 saturated heterocycles. The number of nitrogens with one attached hydrogen (secondary N) is 2. The first kappa shape index (κ1) is 22.1. The minimum absolute atomic E-state index is 0.0511. The van der Waals surface area contributed by atoms with Crippen molar-refractivity contribution < 1.29 is 9.59 Å². The molecular formula is C25H23N3O2S. The standard InChI is InChI=1S/C25H23N3O2S/c1-17(2)24(29)28-20-10-7-8-18(14-20)16-27-25(30)21-11-4-6-13-23(21)31-22-12-5-3-9-19(22)15-26/h3-14,17H,16H2,1-2H3,(H,27,30)(H,28,29). The molecule has 6 heteroatoms. The van der Waals surface area contributed by atoms with E-state index in [0.717, 1.165) is 15.4 Å². The fourth-order valence-corrected chi connectivity index (χ4v) is 3.86. The molecule has 2 amide bonds. The van der Waals surface area contributed by atoms with Crippen LogP contribution in [0.15, 0.2) is 82.6 Å². The molecule has 0 aliphatic carbocycles. The first-order valence-corrected chi connectivity index (χ1v) is 10.7. The molecule has 0 aliphatic rings. The fourth-order valence-electron chi connectivity index (χ4n) is 2.83. The van der Waals surface area contributed by atoms with Gasteiger partial charge in [0.25, 0.3) is 5.91 Å². The summed E-state index contributed by atoms with van der Waals surface area (Å²) >= 11 is 1.40. The highest BCUT2D eigenvalue weighted by Crippen LogP contribution is 2.32. The van der Waals surface area contributed by atoms with Gasteiger partial charge in [0.05, 0.1) is 11.1 Å². The number of nitrogens with zero attached hydrogens (tertiary/aromatic N) is 1. The van der Waals surface area contributed by atoms with E-state index in [2.05, 4.69) is 16.7 Å². The Bertz CT molecular complexity index is 1140. The molecule has 5 nitrogen and oxygen atoms in total. The summed E-state index contributed by atoms with van der Waals surface area (Å²) in [5.74, 6) is -0.359. The lowest BCUT2D eigenvalue weighted by atomic mass is 10.1. The van der Waals surface area contributed by atoms with Crippen LogP contribution in [0.5, 0.6) is 0 Å². The van der Waals surface area contributed by atoms with E-state index < -0.39 is 0 Å². The Balaban J connectivity index is 1.71. The van der Waals surface area contributed by atoms with Gasteiger partial charge in [0.15, 0.2) is 0 Å². The molecule has 0 radical (unpaired) electrons. The van der Waals surface area contributed by atoms with Crippen molar-refractivity contribution in [3.05, 3.63) is 89.5 Å². The van der Waals surface area contributed by atoms with Gasteiger partial charge in [-0.2, -0.15) is 5.26 Å². The molecular weight excluding hydrogens is 406 g/mol. The lowest BCUT2D eigenvalue weighted by Gasteiger charge is -2.12. The lowest BCUT2D eigenvalue weighted by Crippen LogP contribution is -2.23. The summed E-state index contributed by atoms with van der Waals surface area (Å²) in [4.78, 5) is 26.4. The van der Waals surface area contributed by atoms with Crippen LogP contribution >= 0.6 is 11.8 Å². The van der Waals surface area contributed by atoms with Gasteiger partial charge in [-0.15, -0.1) is 0 Å². The Morgan fingerprint density at radius 2 is 1.68 bits per heavy atom. The number of nitriles is 1. The maximum absolute atomic E-state index is 12.9. The molecule has 0 atom stereocenters. The SMILES string of the molecule is CC(C)C(=O)Nc1cccc(CNC(=O)c2ccccc2Sc2ccccc2C#N)c1. The lowest BCUT2D eigenvalue weighted by molar-refractivity contribution is -0.118. The zero-order valence-corrected chi connectivity index (χ0v) is 18.2. The van der Waals surface area contributed by atoms with Gasteiger partial charge in [0.2, 0.25) is 5.91 Å². The van der Waals surface area contributed by atoms with Gasteiger partial charge in [0, 0.05) is 27.9 Å². The number of carbonyl (C=O) groups excluding carboxylic acids is 2. The van der Waals surface area contributed by atoms with Crippen molar-refractivity contribution >= 4 is 29.3 Å². The summed E-state index contributed by atoms with van der Waals surface area (Å²) in [6, 6.07) is 24.3. The largest absolute Gasteiger partial charge is 0.348 e. The molecule has 3 rings (SSSR count). The van der Waals surface area contributed by atoms with Crippen LogP contribution in [0, 0.1) is 17.2 Å². The van der Waals surface area contributed by atoms with E-state index in [1.54, 1.807) is 12.1 Å². The van der Waals surface area contributed by atoms with Gasteiger partial charge in [-0.25, -0.2) is 0 Å². The van der Waals surface area contributed by atoms with Crippen LogP contribution in [-0.4, -0.2) is 11.8 Å². The minimum Gasteiger partial charge on any atom is -0.348 e. The Hall–Kier alpha value is -3.56. The quantitative estimate of drug-likeness (QED) is 0.538. The smallest absolute Gasteiger partial charge is 0.252 e. The zero-order chi connectivity index (χ0) is 22.2. The predicted molar refractivity (Wildman–Crippen MR) is 123 cm³/mol. The van der Waals surface area contributed by atoms with E-state index in [0.29, 0.717) is 23.4 Å². The number of anilines is 1. The Labute approximate surface area is 186 Å². The molecule has 3 aromatic rings. The molecule has 2 N–H and O–H groups in total. The van der Waals surface area contributed by atoms with Gasteiger partial charge in [-0.1, -0.05) is 62.0 Å². The number of carbonyl (C=O) groups is 2. The van der Waals surface area contributed by atoms with Crippen LogP contribution in [0.1, 0.15) is 35.3 Å². The molecule has 0 saturated carbocycles. The molecule has 0 fully saturated rings. The average Bonchev–Trinajstić information content (AvgIpc) is 2.78. The second kappa shape index (κ2) is 10.5. The number of hydrogen-bond donors (Lipinski definition) is 2. The fraction of sp³-hybridized carbons (Fsp3) is 0.160. The van der Waals surface area contributed by atoms with Gasteiger partial charge < -0.3 is 10.6 Å². The monoisotopic (exact) mass is 429 g/mol. The minimum atomic E-state index is -0.200. The van der Waals surface area contributed by atoms with Crippen LogP contribution in [0.2, 0.25) is 0 Å². The van der Waals surface area contributed by atoms with Crippen molar-refractivity contribution in [2.75, 3.05) is 5.32 Å². The molecule has 0 spiro atoms. The highest BCUT2D eigenvalue weighted by atomic mass is 32.2. The van der Waals surface area contributed by atoms with Gasteiger partial charge in [-0.3, -0.25) is 9.59 Å². The van der Waals surface area contributed by atoms with E-state index in [1.165, 1.54) is 11.8 Å². The van der Waals surface area contributed by atoms with E-state index in [1.807, 2.05) is 74.5 Å². The molecule has 0 heterocycles. The molecule has 31 heavy (non-hydrogen) atoms. The summed E-state index contributed by atoms with van der Waals surface area (Å²) in [6.07, 6.45) is 0. The third-order valence-electron chi connectivity index (χ3n) is 4.53. The number of benzene rings is 3. The van der Waals surface area contributed by atoms with Crippen molar-refractivity contribution in [2.24, 2.45) is 5.92 Å². The Morgan fingerprint density at radius 3 is 2.42 bits per heavy atom. The second-order valence-corrected chi connectivity index (χ2v) is 8.32. The van der Waals surface area contributed by atoms with E-state index in [4.69, 9.17) is 0 Å². The average molecular weight is 430 g/mol. The van der Waals surface area contributed by atoms with Crippen LogP contribution < -0.4 is 10.6 Å². The van der Waals surface area contributed by atoms with Crippen molar-refractivity contribution in [1.29, 1.82) is 5.26 Å². The normalized spacial score (nSPS) is 10.4. The number of amides is 2. The summed E-state index contributed by atoms with van der Waals surface area (Å²) in [5, 5.41) is 15.1. The second-order valence-electron chi connectivity index (χ2n) is 7.23. The number of rotatable bonds is 7. The molecule has 156 valence electrons. The highest BCUT2D eigenvalue weighted by Gasteiger charge is 2.14. The van der Waals surface area contributed by atoms with Crippen LogP contribution in [0.25, 0.3) is 0 Å². The third kappa shape index (κ3) is 5.97. The zero-order valence-electron chi connectivity index (χ0n) is 17.4. The van der Waals surface area contributed by atoms with Crippen LogP contribution in [0.3, 0.4) is 0 Å². The van der Waals surface area contributed by atoms with Gasteiger partial charge >= 0.3 is 0 Å².